The monoisotopic (exact) mass is 547 g/mol. The standard InChI is InChI=1S/C23H30N6O4S.CH3NO2/c1-15(30)27-22-28-19(10-7-16-5-8-18(9-6-16)25-14-26-23(32)33)20(34-22)13-29-11-3-4-17(12-29)21(31)24-2;2-1(3)4/h5-6,8-9,14,17H,3-4,7,10-13H2,1-2H3,(H,24,31)(H,25,26)(H,32,33)(H,27,28,30);2H2,(H,3,4)/t17-;/m1./s1. The molecule has 1 atom stereocenters. The number of primary amides is 1. The van der Waals surface area contributed by atoms with Gasteiger partial charge in [0.25, 0.3) is 0 Å². The normalized spacial score (nSPS) is 15.3. The lowest BCUT2D eigenvalue weighted by Crippen LogP contribution is -2.41. The summed E-state index contributed by atoms with van der Waals surface area (Å²) in [6.45, 7) is 3.81. The van der Waals surface area contributed by atoms with Crippen molar-refractivity contribution in [3.63, 3.8) is 0 Å². The van der Waals surface area contributed by atoms with Crippen LogP contribution in [0.15, 0.2) is 29.3 Å². The van der Waals surface area contributed by atoms with Crippen LogP contribution >= 0.6 is 11.3 Å². The third kappa shape index (κ3) is 10.9. The van der Waals surface area contributed by atoms with Crippen LogP contribution in [0.4, 0.5) is 20.4 Å². The molecule has 0 saturated carbocycles. The lowest BCUT2D eigenvalue weighted by atomic mass is 9.97. The topological polar surface area (TPSA) is 199 Å². The molecule has 0 unspecified atom stereocenters. The molecule has 2 aromatic rings. The van der Waals surface area contributed by atoms with Gasteiger partial charge in [-0.25, -0.2) is 14.6 Å². The number of aliphatic imine (C=N–C) groups is 1. The zero-order valence-electron chi connectivity index (χ0n) is 21.3. The van der Waals surface area contributed by atoms with Crippen LogP contribution in [0.3, 0.4) is 0 Å². The second-order valence-electron chi connectivity index (χ2n) is 8.48. The van der Waals surface area contributed by atoms with E-state index in [1.165, 1.54) is 18.3 Å². The number of carbonyl (C=O) groups is 4. The Kier molecular flexibility index (Phi) is 12.1. The number of carbonyl (C=O) groups excluding carboxylic acids is 2. The quantitative estimate of drug-likeness (QED) is 0.202. The van der Waals surface area contributed by atoms with E-state index in [1.807, 2.05) is 24.3 Å². The summed E-state index contributed by atoms with van der Waals surface area (Å²) in [6.07, 6.45) is 1.90. The number of likely N-dealkylation sites (tertiary alicyclic amines) is 1. The number of thiazole rings is 1. The average molecular weight is 548 g/mol. The highest BCUT2D eigenvalue weighted by Gasteiger charge is 2.26. The number of nitrogens with one attached hydrogen (secondary N) is 3. The molecule has 0 bridgehead atoms. The summed E-state index contributed by atoms with van der Waals surface area (Å²) in [5.41, 5.74) is 6.83. The molecule has 206 valence electrons. The number of anilines is 2. The van der Waals surface area contributed by atoms with Crippen molar-refractivity contribution in [2.75, 3.05) is 30.8 Å². The molecule has 4 amide bonds. The Hall–Kier alpha value is -4.04. The molecule has 14 heteroatoms. The van der Waals surface area contributed by atoms with Crippen LogP contribution in [-0.2, 0) is 29.0 Å². The van der Waals surface area contributed by atoms with Gasteiger partial charge in [-0.3, -0.25) is 14.5 Å². The molecule has 0 spiro atoms. The second kappa shape index (κ2) is 15.3. The number of nitrogens with two attached hydrogens (primary N) is 1. The minimum absolute atomic E-state index is 0.00222. The molecular formula is C24H33N7O6S. The molecule has 1 fully saturated rings. The molecule has 3 rings (SSSR count). The van der Waals surface area contributed by atoms with Gasteiger partial charge in [0, 0.05) is 37.6 Å². The highest BCUT2D eigenvalue weighted by molar-refractivity contribution is 7.15. The van der Waals surface area contributed by atoms with Gasteiger partial charge in [0.05, 0.1) is 18.0 Å². The summed E-state index contributed by atoms with van der Waals surface area (Å²) < 4.78 is 0. The molecule has 13 nitrogen and oxygen atoms in total. The summed E-state index contributed by atoms with van der Waals surface area (Å²) in [7, 11) is 1.68. The zero-order valence-corrected chi connectivity index (χ0v) is 22.1. The first kappa shape index (κ1) is 30.2. The van der Waals surface area contributed by atoms with E-state index in [2.05, 4.69) is 36.6 Å². The average Bonchev–Trinajstić information content (AvgIpc) is 3.22. The maximum atomic E-state index is 12.1. The molecule has 1 saturated heterocycles. The van der Waals surface area contributed by atoms with Gasteiger partial charge in [-0.2, -0.15) is 4.99 Å². The van der Waals surface area contributed by atoms with Crippen molar-refractivity contribution in [1.82, 2.24) is 15.2 Å². The van der Waals surface area contributed by atoms with Crippen molar-refractivity contribution in [3.8, 4) is 0 Å². The Morgan fingerprint density at radius 1 is 1.21 bits per heavy atom. The summed E-state index contributed by atoms with van der Waals surface area (Å²) >= 11 is 1.49. The summed E-state index contributed by atoms with van der Waals surface area (Å²) in [6, 6.07) is 7.66. The fourth-order valence-corrected chi connectivity index (χ4v) is 5.02. The Labute approximate surface area is 224 Å². The SMILES string of the molecule is CNC(=O)[C@@H]1CCCN(Cc2sc(NC(C)=O)nc2CCc2ccc(NC=NC(=O)O)cc2)C1.NC(=O)O. The van der Waals surface area contributed by atoms with Gasteiger partial charge in [-0.15, -0.1) is 11.3 Å². The van der Waals surface area contributed by atoms with E-state index in [4.69, 9.17) is 15.0 Å². The number of nitrogens with zero attached hydrogens (tertiary/aromatic N) is 3. The van der Waals surface area contributed by atoms with Crippen LogP contribution in [0, 0.1) is 5.92 Å². The zero-order chi connectivity index (χ0) is 28.1. The summed E-state index contributed by atoms with van der Waals surface area (Å²) in [4.78, 5) is 54.2. The molecule has 0 aliphatic carbocycles. The van der Waals surface area contributed by atoms with E-state index in [-0.39, 0.29) is 17.7 Å². The minimum Gasteiger partial charge on any atom is -0.465 e. The number of hydrogen-bond acceptors (Lipinski definition) is 7. The Bertz CT molecular complexity index is 1130. The number of aromatic nitrogens is 1. The molecular weight excluding hydrogens is 514 g/mol. The number of piperidine rings is 1. The Balaban J connectivity index is 0.00000118. The van der Waals surface area contributed by atoms with Gasteiger partial charge in [0.1, 0.15) is 0 Å². The minimum atomic E-state index is -1.33. The lowest BCUT2D eigenvalue weighted by Gasteiger charge is -2.31. The predicted molar refractivity (Wildman–Crippen MR) is 145 cm³/mol. The van der Waals surface area contributed by atoms with Crippen LogP contribution in [0.5, 0.6) is 0 Å². The van der Waals surface area contributed by atoms with Crippen molar-refractivity contribution in [3.05, 3.63) is 40.4 Å². The predicted octanol–water partition coefficient (Wildman–Crippen LogP) is 2.59. The summed E-state index contributed by atoms with van der Waals surface area (Å²) in [5, 5.41) is 24.7. The maximum absolute atomic E-state index is 12.1. The van der Waals surface area contributed by atoms with Gasteiger partial charge < -0.3 is 31.9 Å². The number of hydrogen-bond donors (Lipinski definition) is 6. The van der Waals surface area contributed by atoms with Gasteiger partial charge in [-0.1, -0.05) is 12.1 Å². The summed E-state index contributed by atoms with van der Waals surface area (Å²) in [5.74, 6) is -0.0723. The number of carboxylic acid groups (broad SMARTS) is 2. The third-order valence-corrected chi connectivity index (χ3v) is 6.56. The van der Waals surface area contributed by atoms with E-state index >= 15 is 0 Å². The van der Waals surface area contributed by atoms with Crippen molar-refractivity contribution in [1.29, 1.82) is 0 Å². The van der Waals surface area contributed by atoms with Crippen molar-refractivity contribution in [2.24, 2.45) is 16.6 Å². The van der Waals surface area contributed by atoms with Gasteiger partial charge in [0.15, 0.2) is 5.13 Å². The molecule has 1 aromatic heterocycles. The van der Waals surface area contributed by atoms with Crippen LogP contribution in [0.25, 0.3) is 0 Å². The van der Waals surface area contributed by atoms with E-state index < -0.39 is 12.2 Å². The second-order valence-corrected chi connectivity index (χ2v) is 9.56. The molecule has 1 aliphatic rings. The maximum Gasteiger partial charge on any atom is 0.432 e. The molecule has 1 aromatic carbocycles. The van der Waals surface area contributed by atoms with Crippen LogP contribution in [-0.4, -0.2) is 70.6 Å². The van der Waals surface area contributed by atoms with Gasteiger partial charge in [-0.05, 0) is 49.9 Å². The first-order valence-electron chi connectivity index (χ1n) is 11.9. The van der Waals surface area contributed by atoms with Gasteiger partial charge >= 0.3 is 12.2 Å². The Morgan fingerprint density at radius 3 is 2.50 bits per heavy atom. The van der Waals surface area contributed by atoms with Gasteiger partial charge in [0.2, 0.25) is 11.8 Å². The molecule has 7 N–H and O–H groups in total. The first-order chi connectivity index (χ1) is 18.1. The molecule has 38 heavy (non-hydrogen) atoms. The highest BCUT2D eigenvalue weighted by Crippen LogP contribution is 2.28. The van der Waals surface area contributed by atoms with Crippen molar-refractivity contribution < 1.29 is 29.4 Å². The number of rotatable bonds is 9. The first-order valence-corrected chi connectivity index (χ1v) is 12.7. The van der Waals surface area contributed by atoms with Crippen molar-refractivity contribution >= 4 is 52.5 Å². The largest absolute Gasteiger partial charge is 0.465 e. The van der Waals surface area contributed by atoms with Crippen LogP contribution < -0.4 is 21.7 Å². The number of amides is 4. The fourth-order valence-electron chi connectivity index (χ4n) is 3.92. The number of benzene rings is 1. The number of aryl methyl sites for hydroxylation is 2. The molecule has 0 radical (unpaired) electrons. The molecule has 2 heterocycles. The smallest absolute Gasteiger partial charge is 0.432 e. The van der Waals surface area contributed by atoms with E-state index in [9.17, 15) is 14.4 Å². The van der Waals surface area contributed by atoms with E-state index in [0.29, 0.717) is 24.6 Å². The van der Waals surface area contributed by atoms with Crippen LogP contribution in [0.1, 0.15) is 35.9 Å². The van der Waals surface area contributed by atoms with E-state index in [0.717, 1.165) is 54.0 Å². The fraction of sp³-hybridized carbons (Fsp3) is 0.417. The third-order valence-electron chi connectivity index (χ3n) is 5.56. The molecule has 1 aliphatic heterocycles. The Morgan fingerprint density at radius 2 is 1.89 bits per heavy atom. The lowest BCUT2D eigenvalue weighted by molar-refractivity contribution is -0.126. The van der Waals surface area contributed by atoms with E-state index in [1.54, 1.807) is 7.05 Å². The highest BCUT2D eigenvalue weighted by atomic mass is 32.1. The van der Waals surface area contributed by atoms with Crippen LogP contribution in [0.2, 0.25) is 0 Å². The van der Waals surface area contributed by atoms with Crippen molar-refractivity contribution in [2.45, 2.75) is 39.2 Å².